The highest BCUT2D eigenvalue weighted by molar-refractivity contribution is 6.35. The number of carbonyl (C=O) groups excluding carboxylic acids is 2. The first-order valence-electron chi connectivity index (χ1n) is 13.2. The summed E-state index contributed by atoms with van der Waals surface area (Å²) in [6.07, 6.45) is 9.39. The number of aromatic amines is 1. The Morgan fingerprint density at radius 3 is 2.76 bits per heavy atom. The molecule has 2 aromatic carbocycles. The number of anilines is 1. The van der Waals surface area contributed by atoms with Crippen LogP contribution in [0.25, 0.3) is 28.5 Å². The third-order valence-corrected chi connectivity index (χ3v) is 7.67. The van der Waals surface area contributed by atoms with Crippen LogP contribution in [0.3, 0.4) is 0 Å². The molecule has 0 aliphatic carbocycles. The van der Waals surface area contributed by atoms with Crippen LogP contribution in [0.2, 0.25) is 0 Å². The summed E-state index contributed by atoms with van der Waals surface area (Å²) in [7, 11) is 0. The minimum absolute atomic E-state index is 0.149. The lowest BCUT2D eigenvalue weighted by molar-refractivity contribution is -0.110. The monoisotopic (exact) mass is 505 g/mol. The lowest BCUT2D eigenvalue weighted by atomic mass is 9.97. The largest absolute Gasteiger partial charge is 0.358 e. The molecule has 0 bridgehead atoms. The van der Waals surface area contributed by atoms with E-state index < -0.39 is 0 Å². The highest BCUT2D eigenvalue weighted by Gasteiger charge is 2.26. The number of benzene rings is 2. The fourth-order valence-electron chi connectivity index (χ4n) is 5.62. The summed E-state index contributed by atoms with van der Waals surface area (Å²) < 4.78 is 1.84. The molecular weight excluding hydrogens is 474 g/mol. The van der Waals surface area contributed by atoms with Crippen molar-refractivity contribution in [1.29, 1.82) is 0 Å². The molecule has 1 amide bonds. The van der Waals surface area contributed by atoms with Gasteiger partial charge >= 0.3 is 0 Å². The van der Waals surface area contributed by atoms with Gasteiger partial charge in [0.25, 0.3) is 5.91 Å². The molecule has 0 unspecified atom stereocenters. The zero-order chi connectivity index (χ0) is 26.2. The maximum atomic E-state index is 13.1. The van der Waals surface area contributed by atoms with Crippen LogP contribution in [-0.4, -0.2) is 39.0 Å². The van der Waals surface area contributed by atoms with Crippen molar-refractivity contribution in [3.8, 4) is 16.8 Å². The van der Waals surface area contributed by atoms with Crippen LogP contribution in [0.5, 0.6) is 0 Å². The Kier molecular flexibility index (Phi) is 6.29. The minimum Gasteiger partial charge on any atom is -0.358 e. The Morgan fingerprint density at radius 2 is 1.97 bits per heavy atom. The van der Waals surface area contributed by atoms with E-state index in [-0.39, 0.29) is 11.7 Å². The standard InChI is InChI=1S/C31H31N5O2/c1-19-28(34-20(2)30(19)29(37)13-11-23-7-6-14-32-23)16-26-25-15-21(10-12-27(25)35-31(26)38)22-17-33-36(18-22)24-8-4-3-5-9-24/h3-5,8-10,12,15-18,23,32,34H,6-7,11,13-14H2,1-2H3,(H,35,38)/b26-16-/t23-/m1/s1. The zero-order valence-electron chi connectivity index (χ0n) is 21.7. The molecule has 4 aromatic rings. The fraction of sp³-hybridized carbons (Fsp3) is 0.258. The average molecular weight is 506 g/mol. The van der Waals surface area contributed by atoms with E-state index >= 15 is 0 Å². The molecule has 0 spiro atoms. The quantitative estimate of drug-likeness (QED) is 0.222. The number of nitrogens with zero attached hydrogens (tertiary/aromatic N) is 2. The number of Topliss-reactive ketones (excluding diaryl/α,β-unsaturated/α-hetero) is 1. The second-order valence-electron chi connectivity index (χ2n) is 10.2. The fourth-order valence-corrected chi connectivity index (χ4v) is 5.62. The van der Waals surface area contributed by atoms with Crippen molar-refractivity contribution in [2.45, 2.75) is 45.6 Å². The smallest absolute Gasteiger partial charge is 0.256 e. The van der Waals surface area contributed by atoms with E-state index in [0.29, 0.717) is 18.0 Å². The molecule has 0 radical (unpaired) electrons. The Bertz CT molecular complexity index is 1550. The van der Waals surface area contributed by atoms with E-state index in [4.69, 9.17) is 0 Å². The predicted molar refractivity (Wildman–Crippen MR) is 150 cm³/mol. The Morgan fingerprint density at radius 1 is 1.13 bits per heavy atom. The van der Waals surface area contributed by atoms with E-state index in [2.05, 4.69) is 20.7 Å². The van der Waals surface area contributed by atoms with Crippen LogP contribution in [0.4, 0.5) is 5.69 Å². The van der Waals surface area contributed by atoms with Gasteiger partial charge in [0.15, 0.2) is 5.78 Å². The van der Waals surface area contributed by atoms with Gasteiger partial charge in [-0.3, -0.25) is 9.59 Å². The first kappa shape index (κ1) is 24.1. The molecular formula is C31H31N5O2. The van der Waals surface area contributed by atoms with Crippen molar-refractivity contribution in [1.82, 2.24) is 20.1 Å². The number of fused-ring (bicyclic) bond motifs is 1. The van der Waals surface area contributed by atoms with E-state index in [1.165, 1.54) is 6.42 Å². The van der Waals surface area contributed by atoms with Gasteiger partial charge in [0.05, 0.1) is 17.5 Å². The van der Waals surface area contributed by atoms with Gasteiger partial charge in [0, 0.05) is 52.4 Å². The van der Waals surface area contributed by atoms with E-state index in [1.54, 1.807) is 0 Å². The van der Waals surface area contributed by atoms with Gasteiger partial charge in [-0.1, -0.05) is 24.3 Å². The number of nitrogens with one attached hydrogen (secondary N) is 3. The number of hydrogen-bond acceptors (Lipinski definition) is 4. The Hall–Kier alpha value is -4.23. The molecule has 1 fully saturated rings. The summed E-state index contributed by atoms with van der Waals surface area (Å²) >= 11 is 0. The van der Waals surface area contributed by atoms with Crippen molar-refractivity contribution >= 4 is 29.0 Å². The molecule has 2 aliphatic heterocycles. The second-order valence-corrected chi connectivity index (χ2v) is 10.2. The lowest BCUT2D eigenvalue weighted by Gasteiger charge is -2.09. The average Bonchev–Trinajstić information content (AvgIpc) is 3.72. The maximum absolute atomic E-state index is 13.1. The second kappa shape index (κ2) is 9.91. The summed E-state index contributed by atoms with van der Waals surface area (Å²) in [6, 6.07) is 16.4. The molecule has 7 nitrogen and oxygen atoms in total. The summed E-state index contributed by atoms with van der Waals surface area (Å²) in [5.41, 5.74) is 8.40. The maximum Gasteiger partial charge on any atom is 0.256 e. The van der Waals surface area contributed by atoms with Gasteiger partial charge in [0.1, 0.15) is 0 Å². The Labute approximate surface area is 222 Å². The number of rotatable bonds is 7. The van der Waals surface area contributed by atoms with E-state index in [0.717, 1.165) is 70.0 Å². The molecule has 3 N–H and O–H groups in total. The van der Waals surface area contributed by atoms with Gasteiger partial charge in [-0.15, -0.1) is 0 Å². The van der Waals surface area contributed by atoms with Gasteiger partial charge in [-0.25, -0.2) is 4.68 Å². The number of aromatic nitrogens is 3. The number of ketones is 1. The third kappa shape index (κ3) is 4.50. The minimum atomic E-state index is -0.149. The normalized spacial score (nSPS) is 17.7. The summed E-state index contributed by atoms with van der Waals surface area (Å²) in [6.45, 7) is 4.93. The van der Waals surface area contributed by atoms with E-state index in [1.807, 2.05) is 85.5 Å². The summed E-state index contributed by atoms with van der Waals surface area (Å²) in [4.78, 5) is 29.4. The number of amides is 1. The highest BCUT2D eigenvalue weighted by Crippen LogP contribution is 2.37. The van der Waals surface area contributed by atoms with Gasteiger partial charge in [0.2, 0.25) is 0 Å². The molecule has 2 aromatic heterocycles. The molecule has 0 saturated carbocycles. The molecule has 1 saturated heterocycles. The van der Waals surface area contributed by atoms with Crippen molar-refractivity contribution < 1.29 is 9.59 Å². The predicted octanol–water partition coefficient (Wildman–Crippen LogP) is 5.69. The number of H-pyrrole nitrogens is 1. The van der Waals surface area contributed by atoms with Gasteiger partial charge < -0.3 is 15.6 Å². The van der Waals surface area contributed by atoms with Crippen molar-refractivity contribution in [2.24, 2.45) is 0 Å². The SMILES string of the molecule is Cc1[nH]c(/C=C2\C(=O)Nc3ccc(-c4cnn(-c5ccccc5)c4)cc32)c(C)c1C(=O)CC[C@H]1CCCN1. The zero-order valence-corrected chi connectivity index (χ0v) is 21.7. The van der Waals surface area contributed by atoms with E-state index in [9.17, 15) is 9.59 Å². The van der Waals surface area contributed by atoms with Crippen LogP contribution in [0, 0.1) is 13.8 Å². The number of hydrogen-bond donors (Lipinski definition) is 3. The first-order chi connectivity index (χ1) is 18.5. The summed E-state index contributed by atoms with van der Waals surface area (Å²) in [5.74, 6) is 0.00700. The van der Waals surface area contributed by atoms with Crippen LogP contribution in [-0.2, 0) is 4.79 Å². The lowest BCUT2D eigenvalue weighted by Crippen LogP contribution is -2.22. The van der Waals surface area contributed by atoms with Crippen LogP contribution >= 0.6 is 0 Å². The number of carbonyl (C=O) groups is 2. The molecule has 1 atom stereocenters. The highest BCUT2D eigenvalue weighted by atomic mass is 16.2. The number of para-hydroxylation sites is 1. The summed E-state index contributed by atoms with van der Waals surface area (Å²) in [5, 5.41) is 11.0. The molecule has 192 valence electrons. The van der Waals surface area contributed by atoms with Crippen molar-refractivity contribution in [3.05, 3.63) is 89.0 Å². The first-order valence-corrected chi connectivity index (χ1v) is 13.2. The molecule has 7 heteroatoms. The molecule has 38 heavy (non-hydrogen) atoms. The molecule has 2 aliphatic rings. The van der Waals surface area contributed by atoms with Crippen molar-refractivity contribution in [3.63, 3.8) is 0 Å². The molecule has 6 rings (SSSR count). The topological polar surface area (TPSA) is 91.8 Å². The van der Waals surface area contributed by atoms with Gasteiger partial charge in [-0.2, -0.15) is 5.10 Å². The Balaban J connectivity index is 1.28. The van der Waals surface area contributed by atoms with Crippen LogP contribution < -0.4 is 10.6 Å². The van der Waals surface area contributed by atoms with Crippen LogP contribution in [0.1, 0.15) is 58.6 Å². The molecule has 4 heterocycles. The van der Waals surface area contributed by atoms with Gasteiger partial charge in [-0.05, 0) is 81.1 Å². The van der Waals surface area contributed by atoms with Crippen molar-refractivity contribution in [2.75, 3.05) is 11.9 Å². The number of aryl methyl sites for hydroxylation is 1. The third-order valence-electron chi connectivity index (χ3n) is 7.67. The van der Waals surface area contributed by atoms with Crippen LogP contribution in [0.15, 0.2) is 60.9 Å².